The number of rotatable bonds is 1. The summed E-state index contributed by atoms with van der Waals surface area (Å²) in [5.74, 6) is 0.444. The van der Waals surface area contributed by atoms with Gasteiger partial charge in [-0.2, -0.15) is 4.98 Å². The molecule has 0 aliphatic rings. The molecule has 12 heavy (non-hydrogen) atoms. The quantitative estimate of drug-likeness (QED) is 0.729. The van der Waals surface area contributed by atoms with Crippen LogP contribution in [-0.2, 0) is 0 Å². The molecule has 0 unspecified atom stereocenters. The van der Waals surface area contributed by atoms with Crippen molar-refractivity contribution in [3.05, 3.63) is 22.6 Å². The molecule has 0 aliphatic carbocycles. The van der Waals surface area contributed by atoms with E-state index < -0.39 is 0 Å². The molecular formula is C6H3IN4O. The molecule has 2 rings (SSSR count). The molecule has 0 fully saturated rings. The van der Waals surface area contributed by atoms with Gasteiger partial charge in [-0.15, -0.1) is 0 Å². The molecule has 0 bridgehead atoms. The van der Waals surface area contributed by atoms with Crippen LogP contribution in [0, 0.1) is 3.83 Å². The fourth-order valence-electron chi connectivity index (χ4n) is 0.732. The van der Waals surface area contributed by atoms with Gasteiger partial charge in [0.05, 0.1) is 5.56 Å². The van der Waals surface area contributed by atoms with Gasteiger partial charge in [0.2, 0.25) is 3.83 Å². The monoisotopic (exact) mass is 274 g/mol. The average molecular weight is 274 g/mol. The van der Waals surface area contributed by atoms with Crippen molar-refractivity contribution in [1.82, 2.24) is 20.1 Å². The Hall–Kier alpha value is -1.05. The highest BCUT2D eigenvalue weighted by atomic mass is 127. The standard InChI is InChI=1S/C6H3IN4O/c7-6-10-5(12-11-6)4-1-8-3-9-2-4/h1-3H. The van der Waals surface area contributed by atoms with Crippen LogP contribution in [0.5, 0.6) is 0 Å². The molecule has 5 nitrogen and oxygen atoms in total. The molecule has 2 aromatic heterocycles. The van der Waals surface area contributed by atoms with Crippen molar-refractivity contribution in [2.45, 2.75) is 0 Å². The van der Waals surface area contributed by atoms with Crippen molar-refractivity contribution >= 4 is 22.6 Å². The van der Waals surface area contributed by atoms with Crippen molar-refractivity contribution in [1.29, 1.82) is 0 Å². The van der Waals surface area contributed by atoms with Gasteiger partial charge < -0.3 is 4.52 Å². The third-order valence-electron chi connectivity index (χ3n) is 1.21. The summed E-state index contributed by atoms with van der Waals surface area (Å²) in [5.41, 5.74) is 0.730. The molecule has 0 aromatic carbocycles. The summed E-state index contributed by atoms with van der Waals surface area (Å²) in [6.07, 6.45) is 4.69. The van der Waals surface area contributed by atoms with Gasteiger partial charge in [0.1, 0.15) is 6.33 Å². The number of nitrogens with zero attached hydrogens (tertiary/aromatic N) is 4. The molecule has 0 aliphatic heterocycles. The van der Waals surface area contributed by atoms with E-state index in [9.17, 15) is 0 Å². The van der Waals surface area contributed by atoms with E-state index in [0.717, 1.165) is 5.56 Å². The molecule has 0 atom stereocenters. The minimum Gasteiger partial charge on any atom is -0.333 e. The minimum absolute atomic E-state index is 0.444. The molecule has 0 radical (unpaired) electrons. The lowest BCUT2D eigenvalue weighted by Crippen LogP contribution is -1.81. The second-order valence-electron chi connectivity index (χ2n) is 2.00. The molecule has 0 N–H and O–H groups in total. The molecule has 2 heterocycles. The summed E-state index contributed by atoms with van der Waals surface area (Å²) in [7, 11) is 0. The normalized spacial score (nSPS) is 10.1. The van der Waals surface area contributed by atoms with Crippen LogP contribution in [0.1, 0.15) is 0 Å². The fourth-order valence-corrected chi connectivity index (χ4v) is 1.05. The van der Waals surface area contributed by atoms with Gasteiger partial charge in [-0.05, 0) is 0 Å². The van der Waals surface area contributed by atoms with Gasteiger partial charge in [0.25, 0.3) is 5.89 Å². The Balaban J connectivity index is 2.45. The molecular weight excluding hydrogens is 271 g/mol. The van der Waals surface area contributed by atoms with E-state index in [2.05, 4.69) is 20.1 Å². The maximum absolute atomic E-state index is 4.90. The molecule has 60 valence electrons. The Morgan fingerprint density at radius 1 is 1.25 bits per heavy atom. The van der Waals surface area contributed by atoms with Crippen LogP contribution in [0.2, 0.25) is 0 Å². The van der Waals surface area contributed by atoms with E-state index in [1.807, 2.05) is 22.6 Å². The summed E-state index contributed by atoms with van der Waals surface area (Å²) in [5, 5.41) is 3.64. The smallest absolute Gasteiger partial charge is 0.261 e. The number of hydrogen-bond donors (Lipinski definition) is 0. The van der Waals surface area contributed by atoms with Crippen molar-refractivity contribution in [3.8, 4) is 11.5 Å². The summed E-state index contributed by atoms with van der Waals surface area (Å²) in [6, 6.07) is 0. The third-order valence-corrected chi connectivity index (χ3v) is 1.65. The molecule has 0 spiro atoms. The van der Waals surface area contributed by atoms with E-state index in [0.29, 0.717) is 9.72 Å². The topological polar surface area (TPSA) is 64.7 Å². The Morgan fingerprint density at radius 3 is 2.58 bits per heavy atom. The van der Waals surface area contributed by atoms with E-state index in [1.165, 1.54) is 6.33 Å². The first kappa shape index (κ1) is 7.59. The van der Waals surface area contributed by atoms with Crippen LogP contribution < -0.4 is 0 Å². The zero-order valence-corrected chi connectivity index (χ0v) is 7.96. The number of hydrogen-bond acceptors (Lipinski definition) is 5. The van der Waals surface area contributed by atoms with E-state index >= 15 is 0 Å². The van der Waals surface area contributed by atoms with Gasteiger partial charge in [0.15, 0.2) is 0 Å². The zero-order chi connectivity index (χ0) is 8.39. The maximum atomic E-state index is 4.90. The Bertz CT molecular complexity index is 374. The highest BCUT2D eigenvalue weighted by Gasteiger charge is 2.05. The predicted octanol–water partition coefficient (Wildman–Crippen LogP) is 1.13. The fraction of sp³-hybridized carbons (Fsp3) is 0. The van der Waals surface area contributed by atoms with Gasteiger partial charge in [-0.3, -0.25) is 0 Å². The van der Waals surface area contributed by atoms with Crippen molar-refractivity contribution in [3.63, 3.8) is 0 Å². The first-order chi connectivity index (χ1) is 5.86. The van der Waals surface area contributed by atoms with E-state index in [1.54, 1.807) is 12.4 Å². The van der Waals surface area contributed by atoms with Crippen LogP contribution in [0.15, 0.2) is 23.2 Å². The Labute approximate surface area is 81.4 Å². The lowest BCUT2D eigenvalue weighted by molar-refractivity contribution is 0.425. The molecule has 0 amide bonds. The van der Waals surface area contributed by atoms with E-state index in [4.69, 9.17) is 4.52 Å². The largest absolute Gasteiger partial charge is 0.333 e. The summed E-state index contributed by atoms with van der Waals surface area (Å²) in [4.78, 5) is 11.7. The number of halogens is 1. The first-order valence-corrected chi connectivity index (χ1v) is 4.19. The highest BCUT2D eigenvalue weighted by Crippen LogP contribution is 2.14. The molecule has 0 saturated heterocycles. The second-order valence-corrected chi connectivity index (χ2v) is 2.96. The molecule has 2 aromatic rings. The van der Waals surface area contributed by atoms with Crippen molar-refractivity contribution < 1.29 is 4.52 Å². The average Bonchev–Trinajstić information content (AvgIpc) is 2.54. The summed E-state index contributed by atoms with van der Waals surface area (Å²) in [6.45, 7) is 0. The van der Waals surface area contributed by atoms with Crippen LogP contribution in [0.3, 0.4) is 0 Å². The SMILES string of the molecule is Ic1noc(-c2cncnc2)n1. The molecule has 6 heteroatoms. The van der Waals surface area contributed by atoms with Gasteiger partial charge in [-0.25, -0.2) is 9.97 Å². The maximum Gasteiger partial charge on any atom is 0.261 e. The Kier molecular flexibility index (Phi) is 1.98. The first-order valence-electron chi connectivity index (χ1n) is 3.11. The summed E-state index contributed by atoms with van der Waals surface area (Å²) < 4.78 is 5.48. The third kappa shape index (κ3) is 1.42. The van der Waals surface area contributed by atoms with Crippen LogP contribution in [-0.4, -0.2) is 20.1 Å². The second kappa shape index (κ2) is 3.13. The summed E-state index contributed by atoms with van der Waals surface area (Å²) >= 11 is 1.97. The lowest BCUT2D eigenvalue weighted by atomic mass is 10.3. The Morgan fingerprint density at radius 2 is 2.00 bits per heavy atom. The van der Waals surface area contributed by atoms with Crippen molar-refractivity contribution in [2.75, 3.05) is 0 Å². The molecule has 0 saturated carbocycles. The zero-order valence-electron chi connectivity index (χ0n) is 5.81. The predicted molar refractivity (Wildman–Crippen MR) is 48.0 cm³/mol. The van der Waals surface area contributed by atoms with Crippen LogP contribution in [0.25, 0.3) is 11.5 Å². The van der Waals surface area contributed by atoms with Crippen LogP contribution >= 0.6 is 22.6 Å². The van der Waals surface area contributed by atoms with Gasteiger partial charge in [-0.1, -0.05) is 5.16 Å². The van der Waals surface area contributed by atoms with Gasteiger partial charge in [0, 0.05) is 35.0 Å². The van der Waals surface area contributed by atoms with E-state index in [-0.39, 0.29) is 0 Å². The lowest BCUT2D eigenvalue weighted by Gasteiger charge is -1.88. The minimum atomic E-state index is 0.444. The number of aromatic nitrogens is 4. The van der Waals surface area contributed by atoms with Crippen molar-refractivity contribution in [2.24, 2.45) is 0 Å². The highest BCUT2D eigenvalue weighted by molar-refractivity contribution is 14.1. The van der Waals surface area contributed by atoms with Gasteiger partial charge >= 0.3 is 0 Å². The van der Waals surface area contributed by atoms with Crippen LogP contribution in [0.4, 0.5) is 0 Å².